The van der Waals surface area contributed by atoms with Crippen molar-refractivity contribution in [2.24, 2.45) is 0 Å². The summed E-state index contributed by atoms with van der Waals surface area (Å²) >= 11 is 0. The molecule has 18 heavy (non-hydrogen) atoms. The summed E-state index contributed by atoms with van der Waals surface area (Å²) in [5.74, 6) is 0. The molecule has 0 aliphatic carbocycles. The van der Waals surface area contributed by atoms with Gasteiger partial charge in [-0.15, -0.1) is 0 Å². The molecule has 2 rings (SSSR count). The van der Waals surface area contributed by atoms with Crippen molar-refractivity contribution in [1.82, 2.24) is 15.5 Å². The minimum Gasteiger partial charge on any atom is -0.338 e. The smallest absolute Gasteiger partial charge is 0.317 e. The number of benzene rings is 1. The van der Waals surface area contributed by atoms with Crippen LogP contribution in [0.4, 0.5) is 4.79 Å². The van der Waals surface area contributed by atoms with Crippen LogP contribution in [0.15, 0.2) is 24.3 Å². The lowest BCUT2D eigenvalue weighted by Crippen LogP contribution is -2.50. The van der Waals surface area contributed by atoms with Gasteiger partial charge >= 0.3 is 6.03 Å². The van der Waals surface area contributed by atoms with Crippen molar-refractivity contribution >= 4 is 6.03 Å². The molecule has 1 heterocycles. The number of rotatable bonds is 3. The molecule has 1 aromatic carbocycles. The van der Waals surface area contributed by atoms with Crippen molar-refractivity contribution in [1.29, 1.82) is 0 Å². The van der Waals surface area contributed by atoms with Gasteiger partial charge in [-0.05, 0) is 18.9 Å². The van der Waals surface area contributed by atoms with E-state index in [1.54, 1.807) is 0 Å². The fourth-order valence-electron chi connectivity index (χ4n) is 2.16. The Hall–Kier alpha value is -1.55. The Morgan fingerprint density at radius 3 is 2.89 bits per heavy atom. The molecule has 2 N–H and O–H groups in total. The average molecular weight is 247 g/mol. The highest BCUT2D eigenvalue weighted by Crippen LogP contribution is 2.04. The molecule has 1 aromatic rings. The molecule has 0 spiro atoms. The third-order valence-corrected chi connectivity index (χ3v) is 3.18. The quantitative estimate of drug-likeness (QED) is 0.841. The Balaban J connectivity index is 1.73. The molecule has 1 saturated heterocycles. The van der Waals surface area contributed by atoms with E-state index in [-0.39, 0.29) is 6.03 Å². The van der Waals surface area contributed by atoms with Gasteiger partial charge in [0.05, 0.1) is 0 Å². The van der Waals surface area contributed by atoms with Crippen LogP contribution in [-0.2, 0) is 6.42 Å². The van der Waals surface area contributed by atoms with Gasteiger partial charge in [-0.2, -0.15) is 0 Å². The molecule has 0 saturated carbocycles. The second-order valence-electron chi connectivity index (χ2n) is 4.71. The highest BCUT2D eigenvalue weighted by Gasteiger charge is 2.14. The highest BCUT2D eigenvalue weighted by molar-refractivity contribution is 5.74. The van der Waals surface area contributed by atoms with Gasteiger partial charge in [-0.3, -0.25) is 0 Å². The first kappa shape index (κ1) is 12.9. The molecule has 0 bridgehead atoms. The standard InChI is InChI=1S/C14H21N3O/c1-12-3-2-4-13(11-12)5-6-16-14(18)17-9-7-15-8-10-17/h2-4,11,15H,5-10H2,1H3,(H,16,18). The van der Waals surface area contributed by atoms with Gasteiger partial charge in [0.2, 0.25) is 0 Å². The zero-order chi connectivity index (χ0) is 12.8. The van der Waals surface area contributed by atoms with Gasteiger partial charge < -0.3 is 15.5 Å². The van der Waals surface area contributed by atoms with Crippen LogP contribution >= 0.6 is 0 Å². The average Bonchev–Trinajstić information content (AvgIpc) is 2.40. The number of nitrogens with zero attached hydrogens (tertiary/aromatic N) is 1. The van der Waals surface area contributed by atoms with Crippen molar-refractivity contribution in [3.63, 3.8) is 0 Å². The number of nitrogens with one attached hydrogen (secondary N) is 2. The van der Waals surface area contributed by atoms with E-state index in [0.29, 0.717) is 6.54 Å². The van der Waals surface area contributed by atoms with Gasteiger partial charge in [0, 0.05) is 32.7 Å². The zero-order valence-corrected chi connectivity index (χ0v) is 10.9. The third kappa shape index (κ3) is 3.74. The van der Waals surface area contributed by atoms with Crippen LogP contribution in [0.2, 0.25) is 0 Å². The Kier molecular flexibility index (Phi) is 4.59. The molecule has 0 aromatic heterocycles. The van der Waals surface area contributed by atoms with Gasteiger partial charge in [-0.1, -0.05) is 29.8 Å². The molecule has 0 atom stereocenters. The van der Waals surface area contributed by atoms with Crippen LogP contribution in [0.5, 0.6) is 0 Å². The minimum absolute atomic E-state index is 0.0594. The van der Waals surface area contributed by atoms with Crippen LogP contribution in [0, 0.1) is 6.92 Å². The van der Waals surface area contributed by atoms with E-state index >= 15 is 0 Å². The van der Waals surface area contributed by atoms with Crippen molar-refractivity contribution < 1.29 is 4.79 Å². The van der Waals surface area contributed by atoms with Crippen molar-refractivity contribution in [3.8, 4) is 0 Å². The van der Waals surface area contributed by atoms with Crippen molar-refractivity contribution in [3.05, 3.63) is 35.4 Å². The monoisotopic (exact) mass is 247 g/mol. The van der Waals surface area contributed by atoms with Crippen LogP contribution in [-0.4, -0.2) is 43.7 Å². The minimum atomic E-state index is 0.0594. The largest absolute Gasteiger partial charge is 0.338 e. The molecule has 98 valence electrons. The molecule has 0 radical (unpaired) electrons. The molecular weight excluding hydrogens is 226 g/mol. The lowest BCUT2D eigenvalue weighted by atomic mass is 10.1. The number of aryl methyl sites for hydroxylation is 1. The summed E-state index contributed by atoms with van der Waals surface area (Å²) in [5.41, 5.74) is 2.54. The number of urea groups is 1. The molecule has 0 unspecified atom stereocenters. The second kappa shape index (κ2) is 6.40. The maximum absolute atomic E-state index is 11.8. The number of carbonyl (C=O) groups excluding carboxylic acids is 1. The van der Waals surface area contributed by atoms with Crippen molar-refractivity contribution in [2.45, 2.75) is 13.3 Å². The number of hydrogen-bond acceptors (Lipinski definition) is 2. The fourth-order valence-corrected chi connectivity index (χ4v) is 2.16. The Bertz CT molecular complexity index is 400. The summed E-state index contributed by atoms with van der Waals surface area (Å²) in [6, 6.07) is 8.47. The van der Waals surface area contributed by atoms with E-state index in [1.807, 2.05) is 4.90 Å². The molecule has 2 amide bonds. The first-order valence-corrected chi connectivity index (χ1v) is 6.55. The molecular formula is C14H21N3O. The SMILES string of the molecule is Cc1cccc(CCNC(=O)N2CCNCC2)c1. The summed E-state index contributed by atoms with van der Waals surface area (Å²) in [6.07, 6.45) is 0.888. The zero-order valence-electron chi connectivity index (χ0n) is 10.9. The maximum atomic E-state index is 11.8. The van der Waals surface area contributed by atoms with Crippen LogP contribution in [0.25, 0.3) is 0 Å². The predicted octanol–water partition coefficient (Wildman–Crippen LogP) is 1.15. The number of hydrogen-bond donors (Lipinski definition) is 2. The van der Waals surface area contributed by atoms with Crippen LogP contribution in [0.1, 0.15) is 11.1 Å². The van der Waals surface area contributed by atoms with Gasteiger partial charge in [0.25, 0.3) is 0 Å². The first-order chi connectivity index (χ1) is 8.75. The van der Waals surface area contributed by atoms with E-state index in [1.165, 1.54) is 11.1 Å². The molecule has 1 aliphatic heterocycles. The summed E-state index contributed by atoms with van der Waals surface area (Å²) in [4.78, 5) is 13.7. The van der Waals surface area contributed by atoms with Crippen molar-refractivity contribution in [2.75, 3.05) is 32.7 Å². The molecule has 4 heteroatoms. The number of piperazine rings is 1. The lowest BCUT2D eigenvalue weighted by Gasteiger charge is -2.27. The van der Waals surface area contributed by atoms with Crippen LogP contribution < -0.4 is 10.6 Å². The highest BCUT2D eigenvalue weighted by atomic mass is 16.2. The van der Waals surface area contributed by atoms with Gasteiger partial charge in [0.15, 0.2) is 0 Å². The van der Waals surface area contributed by atoms with Crippen LogP contribution in [0.3, 0.4) is 0 Å². The predicted molar refractivity (Wildman–Crippen MR) is 72.7 cm³/mol. The Morgan fingerprint density at radius 1 is 1.39 bits per heavy atom. The number of carbonyl (C=O) groups is 1. The Morgan fingerprint density at radius 2 is 2.17 bits per heavy atom. The molecule has 1 aliphatic rings. The third-order valence-electron chi connectivity index (χ3n) is 3.18. The first-order valence-electron chi connectivity index (χ1n) is 6.55. The second-order valence-corrected chi connectivity index (χ2v) is 4.71. The van der Waals surface area contributed by atoms with Gasteiger partial charge in [0.1, 0.15) is 0 Å². The molecule has 4 nitrogen and oxygen atoms in total. The maximum Gasteiger partial charge on any atom is 0.317 e. The Labute approximate surface area is 108 Å². The summed E-state index contributed by atoms with van der Waals surface area (Å²) in [5, 5.41) is 6.22. The summed E-state index contributed by atoms with van der Waals surface area (Å²) in [7, 11) is 0. The topological polar surface area (TPSA) is 44.4 Å². The van der Waals surface area contributed by atoms with E-state index in [2.05, 4.69) is 41.8 Å². The van der Waals surface area contributed by atoms with E-state index in [9.17, 15) is 4.79 Å². The normalized spacial score (nSPS) is 15.5. The summed E-state index contributed by atoms with van der Waals surface area (Å²) < 4.78 is 0. The van der Waals surface area contributed by atoms with E-state index in [0.717, 1.165) is 32.6 Å². The molecule has 1 fully saturated rings. The van der Waals surface area contributed by atoms with Gasteiger partial charge in [-0.25, -0.2) is 4.79 Å². The summed E-state index contributed by atoms with van der Waals surface area (Å²) in [6.45, 7) is 6.18. The fraction of sp³-hybridized carbons (Fsp3) is 0.500. The number of amides is 2. The van der Waals surface area contributed by atoms with E-state index in [4.69, 9.17) is 0 Å². The lowest BCUT2D eigenvalue weighted by molar-refractivity contribution is 0.190. The van der Waals surface area contributed by atoms with E-state index < -0.39 is 0 Å².